The lowest BCUT2D eigenvalue weighted by Crippen LogP contribution is -2.19. The number of furan rings is 1. The molecule has 0 aliphatic heterocycles. The largest absolute Gasteiger partial charge is 0.452 e. The number of ketones is 1. The number of rotatable bonds is 5. The van der Waals surface area contributed by atoms with E-state index in [2.05, 4.69) is 4.98 Å². The molecule has 1 atom stereocenters. The van der Waals surface area contributed by atoms with E-state index in [9.17, 15) is 14.9 Å². The maximum Gasteiger partial charge on any atom is 0.374 e. The van der Waals surface area contributed by atoms with Crippen molar-refractivity contribution in [2.45, 2.75) is 12.8 Å². The van der Waals surface area contributed by atoms with Gasteiger partial charge >= 0.3 is 5.97 Å². The van der Waals surface area contributed by atoms with E-state index in [1.54, 1.807) is 30.5 Å². The van der Waals surface area contributed by atoms with Gasteiger partial charge in [-0.3, -0.25) is 4.79 Å². The first kappa shape index (κ1) is 17.1. The quantitative estimate of drug-likeness (QED) is 0.629. The van der Waals surface area contributed by atoms with Crippen LogP contribution in [0, 0.1) is 18.3 Å². The lowest BCUT2D eigenvalue weighted by Gasteiger charge is -2.05. The molecule has 0 amide bonds. The SMILES string of the molecule is Cc1csc([C@H](C#N)C(=O)COC(=O)c2cc3cc(Cl)ccc3o2)n1. The van der Waals surface area contributed by atoms with Crippen LogP contribution in [-0.4, -0.2) is 23.3 Å². The molecule has 0 saturated carbocycles. The molecule has 6 nitrogen and oxygen atoms in total. The van der Waals surface area contributed by atoms with Crippen LogP contribution >= 0.6 is 22.9 Å². The molecule has 3 aromatic rings. The molecule has 25 heavy (non-hydrogen) atoms. The van der Waals surface area contributed by atoms with Crippen molar-refractivity contribution in [2.75, 3.05) is 6.61 Å². The number of halogens is 1. The highest BCUT2D eigenvalue weighted by atomic mass is 35.5. The molecule has 2 aromatic heterocycles. The highest BCUT2D eigenvalue weighted by Gasteiger charge is 2.25. The molecule has 0 spiro atoms. The van der Waals surface area contributed by atoms with E-state index in [0.29, 0.717) is 21.0 Å². The highest BCUT2D eigenvalue weighted by molar-refractivity contribution is 7.09. The number of aromatic nitrogens is 1. The monoisotopic (exact) mass is 374 g/mol. The van der Waals surface area contributed by atoms with Gasteiger partial charge in [-0.05, 0) is 31.2 Å². The first-order valence-electron chi connectivity index (χ1n) is 7.18. The zero-order valence-corrected chi connectivity index (χ0v) is 14.6. The summed E-state index contributed by atoms with van der Waals surface area (Å²) < 4.78 is 10.3. The molecule has 126 valence electrons. The fourth-order valence-electron chi connectivity index (χ4n) is 2.18. The van der Waals surface area contributed by atoms with E-state index in [4.69, 9.17) is 20.8 Å². The van der Waals surface area contributed by atoms with Crippen LogP contribution in [0.5, 0.6) is 0 Å². The molecule has 0 N–H and O–H groups in total. The van der Waals surface area contributed by atoms with Crippen molar-refractivity contribution in [2.24, 2.45) is 0 Å². The number of benzene rings is 1. The van der Waals surface area contributed by atoms with Crippen LogP contribution in [0.2, 0.25) is 5.02 Å². The minimum Gasteiger partial charge on any atom is -0.452 e. The number of hydrogen-bond acceptors (Lipinski definition) is 7. The number of Topliss-reactive ketones (excluding diaryl/α,β-unsaturated/α-hetero) is 1. The second-order valence-corrected chi connectivity index (χ2v) is 6.55. The number of hydrogen-bond donors (Lipinski definition) is 0. The normalized spacial score (nSPS) is 11.9. The number of aryl methyl sites for hydroxylation is 1. The molecule has 0 aliphatic rings. The second kappa shape index (κ2) is 7.05. The summed E-state index contributed by atoms with van der Waals surface area (Å²) in [6.45, 7) is 1.24. The Bertz CT molecular complexity index is 1000. The molecule has 3 rings (SSSR count). The minimum atomic E-state index is -1.05. The Labute approximate surface area is 151 Å². The molecule has 0 radical (unpaired) electrons. The number of ether oxygens (including phenoxy) is 1. The molecule has 8 heteroatoms. The van der Waals surface area contributed by atoms with Gasteiger partial charge in [0.1, 0.15) is 10.6 Å². The third-order valence-corrected chi connectivity index (χ3v) is 4.62. The van der Waals surface area contributed by atoms with Gasteiger partial charge in [0.2, 0.25) is 5.76 Å². The highest BCUT2D eigenvalue weighted by Crippen LogP contribution is 2.24. The van der Waals surface area contributed by atoms with Gasteiger partial charge in [0.15, 0.2) is 18.3 Å². The van der Waals surface area contributed by atoms with Gasteiger partial charge in [-0.2, -0.15) is 5.26 Å². The number of fused-ring (bicyclic) bond motifs is 1. The first-order valence-corrected chi connectivity index (χ1v) is 8.44. The fourth-order valence-corrected chi connectivity index (χ4v) is 3.22. The van der Waals surface area contributed by atoms with Crippen LogP contribution in [-0.2, 0) is 9.53 Å². The number of thiazole rings is 1. The van der Waals surface area contributed by atoms with E-state index in [1.165, 1.54) is 17.4 Å². The Balaban J connectivity index is 1.68. The van der Waals surface area contributed by atoms with Crippen molar-refractivity contribution < 1.29 is 18.7 Å². The van der Waals surface area contributed by atoms with Crippen LogP contribution in [0.3, 0.4) is 0 Å². The summed E-state index contributed by atoms with van der Waals surface area (Å²) in [5, 5.41) is 12.5. The maximum absolute atomic E-state index is 12.2. The van der Waals surface area contributed by atoms with Gasteiger partial charge in [-0.1, -0.05) is 11.6 Å². The van der Waals surface area contributed by atoms with Crippen molar-refractivity contribution in [3.8, 4) is 6.07 Å². The topological polar surface area (TPSA) is 93.2 Å². The van der Waals surface area contributed by atoms with Crippen molar-refractivity contribution in [3.63, 3.8) is 0 Å². The Kier molecular flexibility index (Phi) is 4.83. The standard InChI is InChI=1S/C17H11ClN2O4S/c1-9-8-25-16(20-9)12(6-19)13(21)7-23-17(22)15-5-10-4-11(18)2-3-14(10)24-15/h2-5,8,12H,7H2,1H3/t12-/m1/s1. The van der Waals surface area contributed by atoms with E-state index >= 15 is 0 Å². The van der Waals surface area contributed by atoms with E-state index in [-0.39, 0.29) is 5.76 Å². The molecule has 0 aliphatic carbocycles. The molecule has 0 fully saturated rings. The summed E-state index contributed by atoms with van der Waals surface area (Å²) in [7, 11) is 0. The van der Waals surface area contributed by atoms with Crippen LogP contribution < -0.4 is 0 Å². The zero-order chi connectivity index (χ0) is 18.0. The summed E-state index contributed by atoms with van der Waals surface area (Å²) in [6.07, 6.45) is 0. The molecule has 0 bridgehead atoms. The van der Waals surface area contributed by atoms with Crippen molar-refractivity contribution in [1.82, 2.24) is 4.98 Å². The Morgan fingerprint density at radius 2 is 2.24 bits per heavy atom. The maximum atomic E-state index is 12.2. The van der Waals surface area contributed by atoms with Gasteiger partial charge < -0.3 is 9.15 Å². The van der Waals surface area contributed by atoms with Gasteiger partial charge in [0, 0.05) is 21.5 Å². The Hall–Kier alpha value is -2.69. The van der Waals surface area contributed by atoms with Crippen molar-refractivity contribution in [3.05, 3.63) is 51.1 Å². The van der Waals surface area contributed by atoms with E-state index in [0.717, 1.165) is 5.69 Å². The third kappa shape index (κ3) is 3.71. The molecule has 1 aromatic carbocycles. The van der Waals surface area contributed by atoms with Gasteiger partial charge in [-0.15, -0.1) is 11.3 Å². The predicted octanol–water partition coefficient (Wildman–Crippen LogP) is 3.88. The summed E-state index contributed by atoms with van der Waals surface area (Å²) >= 11 is 7.10. The molecule has 0 saturated heterocycles. The smallest absolute Gasteiger partial charge is 0.374 e. The van der Waals surface area contributed by atoms with Crippen LogP contribution in [0.1, 0.15) is 27.2 Å². The average molecular weight is 375 g/mol. The second-order valence-electron chi connectivity index (χ2n) is 5.22. The van der Waals surface area contributed by atoms with Gasteiger partial charge in [0.05, 0.1) is 6.07 Å². The lowest BCUT2D eigenvalue weighted by molar-refractivity contribution is -0.122. The van der Waals surface area contributed by atoms with Crippen molar-refractivity contribution in [1.29, 1.82) is 5.26 Å². The number of esters is 1. The average Bonchev–Trinajstić information content (AvgIpc) is 3.19. The summed E-state index contributed by atoms with van der Waals surface area (Å²) in [4.78, 5) is 28.3. The zero-order valence-electron chi connectivity index (χ0n) is 13.0. The fraction of sp³-hybridized carbons (Fsp3) is 0.176. The lowest BCUT2D eigenvalue weighted by atomic mass is 10.1. The van der Waals surface area contributed by atoms with Crippen LogP contribution in [0.4, 0.5) is 0 Å². The summed E-state index contributed by atoms with van der Waals surface area (Å²) in [6, 6.07) is 8.30. The summed E-state index contributed by atoms with van der Waals surface area (Å²) in [5.74, 6) is -2.42. The first-order chi connectivity index (χ1) is 12.0. The van der Waals surface area contributed by atoms with Crippen molar-refractivity contribution >= 4 is 45.7 Å². The third-order valence-electron chi connectivity index (χ3n) is 3.36. The summed E-state index contributed by atoms with van der Waals surface area (Å²) in [5.41, 5.74) is 1.21. The number of carbonyl (C=O) groups is 2. The van der Waals surface area contributed by atoms with Crippen LogP contribution in [0.25, 0.3) is 11.0 Å². The molecular weight excluding hydrogens is 364 g/mol. The van der Waals surface area contributed by atoms with Gasteiger partial charge in [-0.25, -0.2) is 9.78 Å². The molecule has 2 heterocycles. The van der Waals surface area contributed by atoms with E-state index in [1.807, 2.05) is 6.07 Å². The van der Waals surface area contributed by atoms with Gasteiger partial charge in [0.25, 0.3) is 0 Å². The molecule has 0 unspecified atom stereocenters. The van der Waals surface area contributed by atoms with E-state index < -0.39 is 24.3 Å². The Morgan fingerprint density at radius 1 is 1.44 bits per heavy atom. The van der Waals surface area contributed by atoms with Crippen LogP contribution in [0.15, 0.2) is 34.1 Å². The minimum absolute atomic E-state index is 0.0383. The predicted molar refractivity (Wildman–Crippen MR) is 91.7 cm³/mol. The molecular formula is C17H11ClN2O4S. The number of nitrogens with zero attached hydrogens (tertiary/aromatic N) is 2. The Morgan fingerprint density at radius 3 is 2.92 bits per heavy atom. The number of carbonyl (C=O) groups excluding carboxylic acids is 2. The number of nitriles is 1.